The monoisotopic (exact) mass is 265 g/mol. The van der Waals surface area contributed by atoms with Crippen molar-refractivity contribution in [1.82, 2.24) is 9.97 Å². The third-order valence-electron chi connectivity index (χ3n) is 3.25. The molecule has 5 heteroatoms. The number of nitrogens with two attached hydrogens (primary N) is 1. The maximum atomic E-state index is 5.55. The van der Waals surface area contributed by atoms with E-state index in [9.17, 15) is 0 Å². The number of aromatic nitrogens is 2. The zero-order chi connectivity index (χ0) is 14.4. The number of anilines is 2. The lowest BCUT2D eigenvalue weighted by atomic mass is 10.2. The van der Waals surface area contributed by atoms with Crippen LogP contribution in [-0.4, -0.2) is 23.6 Å². The van der Waals surface area contributed by atoms with E-state index < -0.39 is 0 Å². The molecule has 0 bridgehead atoms. The van der Waals surface area contributed by atoms with E-state index >= 15 is 0 Å². The van der Waals surface area contributed by atoms with Crippen molar-refractivity contribution in [3.63, 3.8) is 0 Å². The Hall–Kier alpha value is -1.36. The number of hydrogen-bond acceptors (Lipinski definition) is 5. The summed E-state index contributed by atoms with van der Waals surface area (Å²) in [6.07, 6.45) is 3.65. The van der Waals surface area contributed by atoms with Crippen molar-refractivity contribution in [3.05, 3.63) is 11.4 Å². The number of nitrogen functional groups attached to an aromatic ring is 1. The quantitative estimate of drug-likeness (QED) is 0.451. The Kier molecular flexibility index (Phi) is 6.02. The molecule has 5 nitrogen and oxygen atoms in total. The van der Waals surface area contributed by atoms with Crippen LogP contribution in [0.4, 0.5) is 11.6 Å². The van der Waals surface area contributed by atoms with Crippen LogP contribution in [0.25, 0.3) is 0 Å². The fraction of sp³-hybridized carbons (Fsp3) is 0.714. The van der Waals surface area contributed by atoms with Gasteiger partial charge in [0.15, 0.2) is 0 Å². The molecular weight excluding hydrogens is 238 g/mol. The van der Waals surface area contributed by atoms with Gasteiger partial charge >= 0.3 is 0 Å². The summed E-state index contributed by atoms with van der Waals surface area (Å²) in [5.41, 5.74) is 3.68. The molecule has 0 aromatic carbocycles. The molecule has 19 heavy (non-hydrogen) atoms. The summed E-state index contributed by atoms with van der Waals surface area (Å²) in [7, 11) is 2.08. The molecule has 1 rings (SSSR count). The molecule has 0 aliphatic heterocycles. The van der Waals surface area contributed by atoms with Crippen molar-refractivity contribution in [2.45, 2.75) is 52.9 Å². The topological polar surface area (TPSA) is 67.1 Å². The van der Waals surface area contributed by atoms with Crippen LogP contribution in [0.15, 0.2) is 0 Å². The predicted molar refractivity (Wildman–Crippen MR) is 81.5 cm³/mol. The fourth-order valence-electron chi connectivity index (χ4n) is 2.00. The Morgan fingerprint density at radius 1 is 1.26 bits per heavy atom. The van der Waals surface area contributed by atoms with Crippen molar-refractivity contribution < 1.29 is 0 Å². The summed E-state index contributed by atoms with van der Waals surface area (Å²) in [5.74, 6) is 8.36. The van der Waals surface area contributed by atoms with Gasteiger partial charge in [0, 0.05) is 25.1 Å². The minimum Gasteiger partial charge on any atom is -0.359 e. The Morgan fingerprint density at radius 2 is 1.95 bits per heavy atom. The number of unbranched alkanes of at least 4 members (excludes halogenated alkanes) is 2. The molecule has 0 aliphatic rings. The first-order valence-electron chi connectivity index (χ1n) is 7.07. The summed E-state index contributed by atoms with van der Waals surface area (Å²) < 4.78 is 0. The summed E-state index contributed by atoms with van der Waals surface area (Å²) >= 11 is 0. The highest BCUT2D eigenvalue weighted by Crippen LogP contribution is 2.25. The smallest absolute Gasteiger partial charge is 0.148 e. The summed E-state index contributed by atoms with van der Waals surface area (Å²) in [5, 5.41) is 0. The van der Waals surface area contributed by atoms with Gasteiger partial charge in [0.1, 0.15) is 17.5 Å². The SMILES string of the molecule is CCCCCN(C)c1nc(C(C)C)nc(NN)c1C. The molecule has 0 saturated carbocycles. The number of nitrogens with one attached hydrogen (secondary N) is 1. The van der Waals surface area contributed by atoms with E-state index in [1.165, 1.54) is 19.3 Å². The Morgan fingerprint density at radius 3 is 2.47 bits per heavy atom. The van der Waals surface area contributed by atoms with Gasteiger partial charge < -0.3 is 10.3 Å². The van der Waals surface area contributed by atoms with E-state index in [-0.39, 0.29) is 5.92 Å². The lowest BCUT2D eigenvalue weighted by molar-refractivity contribution is 0.693. The van der Waals surface area contributed by atoms with Gasteiger partial charge in [-0.25, -0.2) is 15.8 Å². The largest absolute Gasteiger partial charge is 0.359 e. The van der Waals surface area contributed by atoms with Crippen LogP contribution in [0.5, 0.6) is 0 Å². The van der Waals surface area contributed by atoms with Crippen LogP contribution in [0, 0.1) is 6.92 Å². The summed E-state index contributed by atoms with van der Waals surface area (Å²) in [6.45, 7) is 9.40. The molecule has 0 radical (unpaired) electrons. The van der Waals surface area contributed by atoms with Crippen molar-refractivity contribution in [3.8, 4) is 0 Å². The van der Waals surface area contributed by atoms with Gasteiger partial charge in [-0.3, -0.25) is 0 Å². The first kappa shape index (κ1) is 15.7. The maximum Gasteiger partial charge on any atom is 0.148 e. The van der Waals surface area contributed by atoms with Gasteiger partial charge in [0.05, 0.1) is 0 Å². The van der Waals surface area contributed by atoms with Crippen LogP contribution in [0.2, 0.25) is 0 Å². The first-order valence-corrected chi connectivity index (χ1v) is 7.07. The Labute approximate surface area is 116 Å². The number of rotatable bonds is 7. The zero-order valence-corrected chi connectivity index (χ0v) is 12.8. The van der Waals surface area contributed by atoms with E-state index in [0.29, 0.717) is 0 Å². The lowest BCUT2D eigenvalue weighted by Gasteiger charge is -2.22. The third-order valence-corrected chi connectivity index (χ3v) is 3.25. The second-order valence-electron chi connectivity index (χ2n) is 5.31. The predicted octanol–water partition coefficient (Wildman–Crippen LogP) is 2.82. The van der Waals surface area contributed by atoms with Gasteiger partial charge in [0.25, 0.3) is 0 Å². The average molecular weight is 265 g/mol. The van der Waals surface area contributed by atoms with Crippen LogP contribution in [-0.2, 0) is 0 Å². The van der Waals surface area contributed by atoms with Crippen LogP contribution < -0.4 is 16.2 Å². The van der Waals surface area contributed by atoms with Gasteiger partial charge in [-0.05, 0) is 13.3 Å². The Balaban J connectivity index is 3.00. The molecule has 1 aromatic heterocycles. The van der Waals surface area contributed by atoms with E-state index in [2.05, 4.69) is 48.1 Å². The fourth-order valence-corrected chi connectivity index (χ4v) is 2.00. The molecule has 1 aromatic rings. The Bertz CT molecular complexity index is 403. The minimum absolute atomic E-state index is 0.287. The second kappa shape index (κ2) is 7.28. The molecule has 1 heterocycles. The first-order chi connectivity index (χ1) is 9.01. The molecular formula is C14H27N5. The molecule has 0 aliphatic carbocycles. The van der Waals surface area contributed by atoms with Crippen molar-refractivity contribution in [1.29, 1.82) is 0 Å². The van der Waals surface area contributed by atoms with E-state index in [0.717, 1.165) is 29.6 Å². The van der Waals surface area contributed by atoms with Gasteiger partial charge in [-0.2, -0.15) is 0 Å². The van der Waals surface area contributed by atoms with Gasteiger partial charge in [0.2, 0.25) is 0 Å². The van der Waals surface area contributed by atoms with Crippen LogP contribution >= 0.6 is 0 Å². The maximum absolute atomic E-state index is 5.55. The standard InChI is InChI=1S/C14H27N5/c1-6-7-8-9-19(5)14-11(4)13(18-15)16-12(17-14)10(2)3/h10H,6-9,15H2,1-5H3,(H,16,17,18). The molecule has 0 unspecified atom stereocenters. The van der Waals surface area contributed by atoms with Crippen molar-refractivity contribution in [2.75, 3.05) is 23.9 Å². The number of hydrogen-bond donors (Lipinski definition) is 2. The molecule has 0 atom stereocenters. The minimum atomic E-state index is 0.287. The van der Waals surface area contributed by atoms with Crippen molar-refractivity contribution >= 4 is 11.6 Å². The van der Waals surface area contributed by atoms with Gasteiger partial charge in [-0.15, -0.1) is 0 Å². The summed E-state index contributed by atoms with van der Waals surface area (Å²) in [4.78, 5) is 11.3. The lowest BCUT2D eigenvalue weighted by Crippen LogP contribution is -2.23. The van der Waals surface area contributed by atoms with Crippen LogP contribution in [0.1, 0.15) is 57.3 Å². The second-order valence-corrected chi connectivity index (χ2v) is 5.31. The molecule has 0 amide bonds. The normalized spacial score (nSPS) is 10.9. The highest BCUT2D eigenvalue weighted by molar-refractivity contribution is 5.58. The molecule has 0 saturated heterocycles. The van der Waals surface area contributed by atoms with E-state index in [1.807, 2.05) is 6.92 Å². The number of nitrogens with zero attached hydrogens (tertiary/aromatic N) is 3. The van der Waals surface area contributed by atoms with E-state index in [4.69, 9.17) is 5.84 Å². The van der Waals surface area contributed by atoms with Crippen LogP contribution in [0.3, 0.4) is 0 Å². The highest BCUT2D eigenvalue weighted by Gasteiger charge is 2.15. The molecule has 0 spiro atoms. The van der Waals surface area contributed by atoms with Gasteiger partial charge in [-0.1, -0.05) is 33.6 Å². The number of hydrazine groups is 1. The van der Waals surface area contributed by atoms with Crippen molar-refractivity contribution in [2.24, 2.45) is 5.84 Å². The molecule has 3 N–H and O–H groups in total. The van der Waals surface area contributed by atoms with E-state index in [1.54, 1.807) is 0 Å². The molecule has 0 fully saturated rings. The highest BCUT2D eigenvalue weighted by atomic mass is 15.3. The molecule has 108 valence electrons. The zero-order valence-electron chi connectivity index (χ0n) is 12.8. The third kappa shape index (κ3) is 4.06. The summed E-state index contributed by atoms with van der Waals surface area (Å²) in [6, 6.07) is 0. The average Bonchev–Trinajstić information content (AvgIpc) is 2.38.